The second-order valence-corrected chi connectivity index (χ2v) is 11.8. The maximum Gasteiger partial charge on any atom is 0.324 e. The summed E-state index contributed by atoms with van der Waals surface area (Å²) >= 11 is 0. The smallest absolute Gasteiger partial charge is 0.324 e. The zero-order chi connectivity index (χ0) is 28.3. The molecule has 3 amide bonds. The van der Waals surface area contributed by atoms with E-state index in [1.54, 1.807) is 0 Å². The third-order valence-electron chi connectivity index (χ3n) is 9.71. The van der Waals surface area contributed by atoms with E-state index in [1.807, 2.05) is 6.92 Å². The molecule has 0 aliphatic carbocycles. The van der Waals surface area contributed by atoms with Gasteiger partial charge in [0, 0.05) is 26.4 Å². The largest absolute Gasteiger partial charge is 0.396 e. The summed E-state index contributed by atoms with van der Waals surface area (Å²) in [4.78, 5) is 25.7. The molecule has 0 spiro atoms. The van der Waals surface area contributed by atoms with Gasteiger partial charge >= 0.3 is 6.03 Å². The summed E-state index contributed by atoms with van der Waals surface area (Å²) in [6, 6.07) is -0.549. The number of imide groups is 1. The molecule has 6 heteroatoms. The Balaban J connectivity index is 2.21. The Hall–Kier alpha value is -1.14. The minimum atomic E-state index is -0.329. The van der Waals surface area contributed by atoms with Crippen LogP contribution in [0.4, 0.5) is 4.79 Å². The predicted octanol–water partition coefficient (Wildman–Crippen LogP) is 8.01. The van der Waals surface area contributed by atoms with E-state index in [0.717, 1.165) is 51.7 Å². The van der Waals surface area contributed by atoms with E-state index in [1.165, 1.54) is 75.5 Å². The van der Waals surface area contributed by atoms with Gasteiger partial charge in [-0.05, 0) is 68.6 Å². The lowest BCUT2D eigenvalue weighted by Gasteiger charge is -2.32. The van der Waals surface area contributed by atoms with Crippen LogP contribution in [-0.4, -0.2) is 54.4 Å². The van der Waals surface area contributed by atoms with Crippen LogP contribution in [0.1, 0.15) is 150 Å². The Morgan fingerprint density at radius 3 is 1.61 bits per heavy atom. The van der Waals surface area contributed by atoms with Gasteiger partial charge in [-0.25, -0.2) is 4.79 Å². The number of aliphatic hydroxyl groups is 1. The van der Waals surface area contributed by atoms with Crippen LogP contribution in [0.25, 0.3) is 0 Å². The molecule has 0 radical (unpaired) electrons. The van der Waals surface area contributed by atoms with Crippen LogP contribution in [-0.2, 0) is 9.53 Å². The molecule has 6 nitrogen and oxygen atoms in total. The Kier molecular flexibility index (Phi) is 18.2. The fraction of sp³-hybridized carbons (Fsp3) is 0.938. The zero-order valence-corrected chi connectivity index (χ0v) is 25.8. The van der Waals surface area contributed by atoms with Gasteiger partial charge in [0.2, 0.25) is 0 Å². The van der Waals surface area contributed by atoms with Gasteiger partial charge in [0.15, 0.2) is 0 Å². The molecule has 1 aliphatic heterocycles. The van der Waals surface area contributed by atoms with Gasteiger partial charge in [-0.15, -0.1) is 0 Å². The molecule has 1 atom stereocenters. The number of urea groups is 1. The molecule has 0 aromatic rings. The first kappa shape index (κ1) is 34.9. The van der Waals surface area contributed by atoms with Crippen LogP contribution in [0.5, 0.6) is 0 Å². The SMILES string of the molecule is CCC1NC(=O)N(CCCCC(CC)(CC)CCCCOCCCCC(CC)(CC)CCCCCO)C1=O. The molecule has 2 N–H and O–H groups in total. The monoisotopic (exact) mass is 538 g/mol. The quantitative estimate of drug-likeness (QED) is 0.0911. The Bertz CT molecular complexity index is 631. The van der Waals surface area contributed by atoms with E-state index in [0.29, 0.717) is 30.4 Å². The van der Waals surface area contributed by atoms with Gasteiger partial charge in [0.05, 0.1) is 0 Å². The van der Waals surface area contributed by atoms with E-state index in [9.17, 15) is 9.59 Å². The molecule has 1 aliphatic rings. The molecule has 38 heavy (non-hydrogen) atoms. The van der Waals surface area contributed by atoms with Crippen LogP contribution >= 0.6 is 0 Å². The van der Waals surface area contributed by atoms with Crippen molar-refractivity contribution in [3.8, 4) is 0 Å². The fourth-order valence-electron chi connectivity index (χ4n) is 6.30. The topological polar surface area (TPSA) is 78.9 Å². The first-order valence-corrected chi connectivity index (χ1v) is 16.2. The molecule has 1 unspecified atom stereocenters. The summed E-state index contributed by atoms with van der Waals surface area (Å²) < 4.78 is 6.00. The highest BCUT2D eigenvalue weighted by molar-refractivity contribution is 6.04. The number of carbonyl (C=O) groups is 2. The van der Waals surface area contributed by atoms with Crippen molar-refractivity contribution in [3.05, 3.63) is 0 Å². The lowest BCUT2D eigenvalue weighted by Crippen LogP contribution is -2.32. The number of nitrogens with one attached hydrogen (secondary N) is 1. The summed E-state index contributed by atoms with van der Waals surface area (Å²) in [7, 11) is 0. The Morgan fingerprint density at radius 1 is 0.711 bits per heavy atom. The maximum absolute atomic E-state index is 12.3. The van der Waals surface area contributed by atoms with Gasteiger partial charge < -0.3 is 15.2 Å². The molecule has 0 aromatic carbocycles. The third-order valence-corrected chi connectivity index (χ3v) is 9.71. The second-order valence-electron chi connectivity index (χ2n) is 11.8. The number of nitrogens with zero attached hydrogens (tertiary/aromatic N) is 1. The van der Waals surface area contributed by atoms with Crippen LogP contribution in [0.2, 0.25) is 0 Å². The molecule has 1 rings (SSSR count). The van der Waals surface area contributed by atoms with E-state index >= 15 is 0 Å². The Morgan fingerprint density at radius 2 is 1.18 bits per heavy atom. The number of aliphatic hydroxyl groups excluding tert-OH is 1. The van der Waals surface area contributed by atoms with Crippen LogP contribution in [0.3, 0.4) is 0 Å². The number of ether oxygens (including phenoxy) is 1. The van der Waals surface area contributed by atoms with Gasteiger partial charge in [-0.1, -0.05) is 92.4 Å². The summed E-state index contributed by atoms with van der Waals surface area (Å²) in [5.41, 5.74) is 0.845. The van der Waals surface area contributed by atoms with E-state index in [-0.39, 0.29) is 18.0 Å². The number of rotatable bonds is 25. The van der Waals surface area contributed by atoms with Crippen LogP contribution in [0.15, 0.2) is 0 Å². The molecule has 0 aromatic heterocycles. The molecule has 1 heterocycles. The molecule has 0 bridgehead atoms. The van der Waals surface area contributed by atoms with Gasteiger partial charge in [0.25, 0.3) is 5.91 Å². The van der Waals surface area contributed by atoms with Crippen molar-refractivity contribution in [2.75, 3.05) is 26.4 Å². The molecule has 1 fully saturated rings. The first-order valence-electron chi connectivity index (χ1n) is 16.2. The third kappa shape index (κ3) is 11.9. The van der Waals surface area contributed by atoms with Gasteiger partial charge in [-0.2, -0.15) is 0 Å². The van der Waals surface area contributed by atoms with E-state index in [2.05, 4.69) is 33.0 Å². The lowest BCUT2D eigenvalue weighted by molar-refractivity contribution is -0.127. The van der Waals surface area contributed by atoms with Gasteiger partial charge in [0.1, 0.15) is 6.04 Å². The van der Waals surface area contributed by atoms with Crippen molar-refractivity contribution < 1.29 is 19.4 Å². The number of hydrogen-bond donors (Lipinski definition) is 2. The highest BCUT2D eigenvalue weighted by Crippen LogP contribution is 2.39. The normalized spacial score (nSPS) is 16.5. The van der Waals surface area contributed by atoms with Crippen molar-refractivity contribution in [1.82, 2.24) is 10.2 Å². The number of amides is 3. The summed E-state index contributed by atoms with van der Waals surface area (Å²) in [5.74, 6) is -0.0564. The van der Waals surface area contributed by atoms with E-state index < -0.39 is 0 Å². The molecule has 0 saturated carbocycles. The molecular formula is C32H62N2O4. The summed E-state index contributed by atoms with van der Waals surface area (Å²) in [5, 5.41) is 11.8. The highest BCUT2D eigenvalue weighted by Gasteiger charge is 2.36. The minimum absolute atomic E-state index is 0.0564. The Labute approximate surface area is 235 Å². The minimum Gasteiger partial charge on any atom is -0.396 e. The van der Waals surface area contributed by atoms with Crippen molar-refractivity contribution in [2.24, 2.45) is 10.8 Å². The molecular weight excluding hydrogens is 476 g/mol. The van der Waals surface area contributed by atoms with Crippen molar-refractivity contribution in [2.45, 2.75) is 156 Å². The average molecular weight is 539 g/mol. The predicted molar refractivity (Wildman–Crippen MR) is 158 cm³/mol. The van der Waals surface area contributed by atoms with Crippen molar-refractivity contribution in [1.29, 1.82) is 0 Å². The molecule has 224 valence electrons. The average Bonchev–Trinajstić information content (AvgIpc) is 3.22. The van der Waals surface area contributed by atoms with Crippen molar-refractivity contribution >= 4 is 11.9 Å². The second kappa shape index (κ2) is 19.8. The standard InChI is InChI=1S/C32H62N2O4/c1-6-28-29(36)34(30(37)33-28)24-16-13-21-32(9-4,10-5)23-15-19-27-38-26-18-14-22-31(7-2,8-3)20-12-11-17-25-35/h28,35H,6-27H2,1-5H3,(H,33,37). The number of unbranched alkanes of at least 4 members (excludes halogenated alkanes) is 5. The van der Waals surface area contributed by atoms with Crippen LogP contribution in [0, 0.1) is 10.8 Å². The van der Waals surface area contributed by atoms with Crippen LogP contribution < -0.4 is 5.32 Å². The maximum atomic E-state index is 12.3. The number of carbonyl (C=O) groups excluding carboxylic acids is 2. The summed E-state index contributed by atoms with van der Waals surface area (Å²) in [6.45, 7) is 13.8. The number of hydrogen-bond acceptors (Lipinski definition) is 4. The summed E-state index contributed by atoms with van der Waals surface area (Å²) in [6.07, 6.45) is 20.5. The lowest BCUT2D eigenvalue weighted by atomic mass is 9.74. The first-order chi connectivity index (χ1) is 18.4. The highest BCUT2D eigenvalue weighted by atomic mass is 16.5. The molecule has 1 saturated heterocycles. The van der Waals surface area contributed by atoms with E-state index in [4.69, 9.17) is 9.84 Å². The fourth-order valence-corrected chi connectivity index (χ4v) is 6.30. The van der Waals surface area contributed by atoms with Crippen molar-refractivity contribution in [3.63, 3.8) is 0 Å². The zero-order valence-electron chi connectivity index (χ0n) is 25.8. The van der Waals surface area contributed by atoms with Gasteiger partial charge in [-0.3, -0.25) is 9.69 Å².